The average molecular weight is 267 g/mol. The molecule has 0 saturated carbocycles. The summed E-state index contributed by atoms with van der Waals surface area (Å²) in [5.41, 5.74) is 5.43. The van der Waals surface area contributed by atoms with Gasteiger partial charge in [-0.1, -0.05) is 12.7 Å². The maximum atomic E-state index is 10.7. The fourth-order valence-electron chi connectivity index (χ4n) is 0.578. The second-order valence-electron chi connectivity index (χ2n) is 1.68. The van der Waals surface area contributed by atoms with Crippen molar-refractivity contribution in [1.82, 2.24) is 8.65 Å². The van der Waals surface area contributed by atoms with Crippen molar-refractivity contribution in [2.24, 2.45) is 5.73 Å². The van der Waals surface area contributed by atoms with Crippen LogP contribution in [0.25, 0.3) is 0 Å². The lowest BCUT2D eigenvalue weighted by molar-refractivity contribution is -0.115. The third-order valence-electron chi connectivity index (χ3n) is 1.06. The van der Waals surface area contributed by atoms with Gasteiger partial charge >= 0.3 is 0 Å². The molecule has 4 nitrogen and oxygen atoms in total. The van der Waals surface area contributed by atoms with Crippen LogP contribution in [-0.2, 0) is 4.79 Å². The van der Waals surface area contributed by atoms with Crippen molar-refractivity contribution in [3.05, 3.63) is 24.6 Å². The molecule has 0 heterocycles. The van der Waals surface area contributed by atoms with Gasteiger partial charge in [0.1, 0.15) is 5.70 Å². The van der Waals surface area contributed by atoms with Gasteiger partial charge in [-0.25, -0.2) is 0 Å². The average Bonchev–Trinajstić information content (AvgIpc) is 1.99. The third-order valence-corrected chi connectivity index (χ3v) is 1.58. The smallest absolute Gasteiger partial charge is 0.266 e. The molecule has 0 aliphatic rings. The molecular weight excluding hydrogens is 257 g/mol. The van der Waals surface area contributed by atoms with Crippen LogP contribution in [0.1, 0.15) is 6.92 Å². The zero-order chi connectivity index (χ0) is 8.85. The lowest BCUT2D eigenvalue weighted by Gasteiger charge is -2.17. The van der Waals surface area contributed by atoms with E-state index in [-0.39, 0.29) is 0 Å². The molecule has 5 heteroatoms. The first kappa shape index (κ1) is 10.4. The monoisotopic (exact) mass is 267 g/mol. The fourth-order valence-corrected chi connectivity index (χ4v) is 1.04. The number of amides is 1. The predicted octanol–water partition coefficient (Wildman–Crippen LogP) is 0.676. The first-order valence-corrected chi connectivity index (χ1v) is 3.99. The molecule has 62 valence electrons. The molecule has 0 aliphatic heterocycles. The van der Waals surface area contributed by atoms with Gasteiger partial charge in [0.05, 0.1) is 0 Å². The van der Waals surface area contributed by atoms with Gasteiger partial charge in [-0.2, -0.15) is 3.64 Å². The Morgan fingerprint density at radius 2 is 2.36 bits per heavy atom. The van der Waals surface area contributed by atoms with Gasteiger partial charge in [0.15, 0.2) is 0 Å². The number of allylic oxidation sites excluding steroid dienone is 1. The van der Waals surface area contributed by atoms with E-state index in [4.69, 9.17) is 5.73 Å². The number of nitrogens with zero attached hydrogens (tertiary/aromatic N) is 1. The van der Waals surface area contributed by atoms with Crippen LogP contribution in [0.4, 0.5) is 0 Å². The number of hydrazine groups is 1. The molecule has 0 bridgehead atoms. The highest BCUT2D eigenvalue weighted by Gasteiger charge is 2.08. The lowest BCUT2D eigenvalue weighted by Crippen LogP contribution is -2.32. The number of carbonyl (C=O) groups is 1. The summed E-state index contributed by atoms with van der Waals surface area (Å²) in [6, 6.07) is 0. The minimum atomic E-state index is -0.489. The maximum Gasteiger partial charge on any atom is 0.266 e. The fraction of sp³-hybridized carbons (Fsp3) is 0.167. The van der Waals surface area contributed by atoms with Crippen LogP contribution >= 0.6 is 22.9 Å². The molecule has 0 radical (unpaired) electrons. The van der Waals surface area contributed by atoms with Gasteiger partial charge in [-0.05, 0) is 6.92 Å². The van der Waals surface area contributed by atoms with Crippen molar-refractivity contribution in [2.75, 3.05) is 0 Å². The Hall–Kier alpha value is -0.560. The van der Waals surface area contributed by atoms with Gasteiger partial charge in [0.2, 0.25) is 0 Å². The standard InChI is InChI=1S/C6H10IN3O/c1-3-5(6(8)11)10(4-2)9-7/h3-4,9H,2H2,1H3,(H2,8,11)/b5-3-. The summed E-state index contributed by atoms with van der Waals surface area (Å²) in [5, 5.41) is 1.43. The van der Waals surface area contributed by atoms with Crippen molar-refractivity contribution >= 4 is 28.8 Å². The van der Waals surface area contributed by atoms with Gasteiger partial charge in [-0.15, -0.1) is 0 Å². The third kappa shape index (κ3) is 2.89. The summed E-state index contributed by atoms with van der Waals surface area (Å²) in [6.07, 6.45) is 3.07. The van der Waals surface area contributed by atoms with E-state index in [9.17, 15) is 4.79 Å². The molecule has 1 amide bonds. The summed E-state index contributed by atoms with van der Waals surface area (Å²) in [6.45, 7) is 5.22. The number of primary amides is 1. The Labute approximate surface area is 79.6 Å². The SMILES string of the molecule is C=CN(NI)/C(=C\C)C(N)=O. The van der Waals surface area contributed by atoms with Crippen LogP contribution in [0, 0.1) is 0 Å². The van der Waals surface area contributed by atoms with Crippen LogP contribution in [0.15, 0.2) is 24.6 Å². The first-order chi connectivity index (χ1) is 5.17. The summed E-state index contributed by atoms with van der Waals surface area (Å²) in [4.78, 5) is 10.7. The molecule has 0 aliphatic carbocycles. The van der Waals surface area contributed by atoms with Crippen molar-refractivity contribution in [3.63, 3.8) is 0 Å². The Morgan fingerprint density at radius 3 is 2.45 bits per heavy atom. The lowest BCUT2D eigenvalue weighted by atomic mass is 10.4. The van der Waals surface area contributed by atoms with Crippen LogP contribution in [0.5, 0.6) is 0 Å². The van der Waals surface area contributed by atoms with Crippen LogP contribution in [0.3, 0.4) is 0 Å². The maximum absolute atomic E-state index is 10.7. The molecule has 0 atom stereocenters. The minimum absolute atomic E-state index is 0.370. The molecule has 0 rings (SSSR count). The highest BCUT2D eigenvalue weighted by molar-refractivity contribution is 14.1. The van der Waals surface area contributed by atoms with E-state index in [0.717, 1.165) is 0 Å². The van der Waals surface area contributed by atoms with Gasteiger partial charge < -0.3 is 5.73 Å². The van der Waals surface area contributed by atoms with Crippen LogP contribution in [0.2, 0.25) is 0 Å². The Balaban J connectivity index is 4.48. The molecule has 0 spiro atoms. The quantitative estimate of drug-likeness (QED) is 0.341. The highest BCUT2D eigenvalue weighted by atomic mass is 127. The van der Waals surface area contributed by atoms with Crippen molar-refractivity contribution in [3.8, 4) is 0 Å². The van der Waals surface area contributed by atoms with Crippen molar-refractivity contribution < 1.29 is 4.79 Å². The first-order valence-electron chi connectivity index (χ1n) is 2.91. The molecule has 0 aromatic rings. The number of rotatable bonds is 4. The molecule has 3 N–H and O–H groups in total. The van der Waals surface area contributed by atoms with E-state index in [1.807, 2.05) is 22.9 Å². The van der Waals surface area contributed by atoms with Crippen LogP contribution < -0.4 is 9.37 Å². The minimum Gasteiger partial charge on any atom is -0.364 e. The van der Waals surface area contributed by atoms with E-state index < -0.39 is 5.91 Å². The Bertz CT molecular complexity index is 190. The summed E-state index contributed by atoms with van der Waals surface area (Å²) >= 11 is 1.88. The van der Waals surface area contributed by atoms with E-state index in [0.29, 0.717) is 5.70 Å². The topological polar surface area (TPSA) is 58.4 Å². The molecule has 0 unspecified atom stereocenters. The second kappa shape index (κ2) is 5.14. The number of hydrogen-bond acceptors (Lipinski definition) is 3. The van der Waals surface area contributed by atoms with E-state index >= 15 is 0 Å². The molecule has 0 aromatic carbocycles. The molecule has 0 saturated heterocycles. The Kier molecular flexibility index (Phi) is 4.88. The zero-order valence-electron chi connectivity index (χ0n) is 6.17. The van der Waals surface area contributed by atoms with Crippen molar-refractivity contribution in [2.45, 2.75) is 6.92 Å². The van der Waals surface area contributed by atoms with Gasteiger partial charge in [0.25, 0.3) is 5.91 Å². The van der Waals surface area contributed by atoms with Crippen LogP contribution in [-0.4, -0.2) is 10.9 Å². The molecule has 0 fully saturated rings. The van der Waals surface area contributed by atoms with Gasteiger partial charge in [0, 0.05) is 29.1 Å². The number of nitrogens with one attached hydrogen (secondary N) is 1. The largest absolute Gasteiger partial charge is 0.364 e. The normalized spacial score (nSPS) is 10.9. The summed E-state index contributed by atoms with van der Waals surface area (Å²) in [7, 11) is 0. The van der Waals surface area contributed by atoms with E-state index in [1.54, 1.807) is 13.0 Å². The Morgan fingerprint density at radius 1 is 1.82 bits per heavy atom. The van der Waals surface area contributed by atoms with Crippen molar-refractivity contribution in [1.29, 1.82) is 0 Å². The predicted molar refractivity (Wildman–Crippen MR) is 52.1 cm³/mol. The second-order valence-corrected chi connectivity index (χ2v) is 2.16. The summed E-state index contributed by atoms with van der Waals surface area (Å²) in [5.74, 6) is -0.489. The van der Waals surface area contributed by atoms with Gasteiger partial charge in [-0.3, -0.25) is 9.80 Å². The zero-order valence-corrected chi connectivity index (χ0v) is 8.33. The molecule has 11 heavy (non-hydrogen) atoms. The molecular formula is C6H10IN3O. The van der Waals surface area contributed by atoms with E-state index in [1.165, 1.54) is 11.2 Å². The number of hydrogen-bond donors (Lipinski definition) is 2. The molecule has 0 aromatic heterocycles. The number of halogens is 1. The number of nitrogens with two attached hydrogens (primary N) is 1. The number of carbonyl (C=O) groups excluding carboxylic acids is 1. The highest BCUT2D eigenvalue weighted by Crippen LogP contribution is 2.01. The van der Waals surface area contributed by atoms with E-state index in [2.05, 4.69) is 10.2 Å². The summed E-state index contributed by atoms with van der Waals surface area (Å²) < 4.78 is 2.70.